The van der Waals surface area contributed by atoms with E-state index < -0.39 is 0 Å². The third-order valence-electron chi connectivity index (χ3n) is 3.79. The molecule has 2 bridgehead atoms. The lowest BCUT2D eigenvalue weighted by molar-refractivity contribution is 0.405. The van der Waals surface area contributed by atoms with Crippen LogP contribution in [0.4, 0.5) is 0 Å². The summed E-state index contributed by atoms with van der Waals surface area (Å²) in [6, 6.07) is 0. The molecule has 0 amide bonds. The van der Waals surface area contributed by atoms with Crippen molar-refractivity contribution in [2.75, 3.05) is 0 Å². The first kappa shape index (κ1) is 10.0. The van der Waals surface area contributed by atoms with Crippen LogP contribution in [0.25, 0.3) is 0 Å². The van der Waals surface area contributed by atoms with Gasteiger partial charge in [-0.2, -0.15) is 0 Å². The zero-order valence-corrected chi connectivity index (χ0v) is 10.6. The fraction of sp³-hybridized carbons (Fsp3) is 0.636. The fourth-order valence-electron chi connectivity index (χ4n) is 3.10. The van der Waals surface area contributed by atoms with Crippen molar-refractivity contribution >= 4 is 27.5 Å². The van der Waals surface area contributed by atoms with Crippen molar-refractivity contribution in [3.05, 3.63) is 21.6 Å². The molecule has 2 fully saturated rings. The van der Waals surface area contributed by atoms with Gasteiger partial charge in [0.25, 0.3) is 0 Å². The smallest absolute Gasteiger partial charge is 0.146 e. The molecule has 15 heavy (non-hydrogen) atoms. The summed E-state index contributed by atoms with van der Waals surface area (Å²) in [7, 11) is 0. The highest BCUT2D eigenvalue weighted by atomic mass is 79.9. The minimum absolute atomic E-state index is 0.544. The van der Waals surface area contributed by atoms with Gasteiger partial charge >= 0.3 is 0 Å². The minimum Gasteiger partial charge on any atom is -0.240 e. The van der Waals surface area contributed by atoms with E-state index in [1.807, 2.05) is 0 Å². The number of hydrogen-bond acceptors (Lipinski definition) is 2. The number of hydrogen-bond donors (Lipinski definition) is 0. The Morgan fingerprint density at radius 1 is 1.33 bits per heavy atom. The summed E-state index contributed by atoms with van der Waals surface area (Å²) < 4.78 is 0.788. The molecule has 2 aliphatic rings. The maximum atomic E-state index is 6.00. The molecule has 3 unspecified atom stereocenters. The first-order chi connectivity index (χ1) is 7.24. The molecule has 0 radical (unpaired) electrons. The van der Waals surface area contributed by atoms with Gasteiger partial charge < -0.3 is 0 Å². The third kappa shape index (κ3) is 1.70. The number of aromatic nitrogens is 2. The van der Waals surface area contributed by atoms with Crippen LogP contribution in [0.15, 0.2) is 10.7 Å². The van der Waals surface area contributed by atoms with Crippen molar-refractivity contribution in [3.63, 3.8) is 0 Å². The van der Waals surface area contributed by atoms with Crippen LogP contribution in [0.2, 0.25) is 5.15 Å². The zero-order chi connectivity index (χ0) is 10.4. The van der Waals surface area contributed by atoms with E-state index in [2.05, 4.69) is 25.9 Å². The molecule has 0 saturated heterocycles. The Kier molecular flexibility index (Phi) is 2.48. The highest BCUT2D eigenvalue weighted by molar-refractivity contribution is 9.10. The Balaban J connectivity index is 1.90. The topological polar surface area (TPSA) is 25.8 Å². The molecule has 1 heterocycles. The van der Waals surface area contributed by atoms with Crippen LogP contribution in [0, 0.1) is 11.8 Å². The number of nitrogens with zero attached hydrogens (tertiary/aromatic N) is 2. The molecule has 0 spiro atoms. The van der Waals surface area contributed by atoms with E-state index in [0.29, 0.717) is 11.1 Å². The van der Waals surface area contributed by atoms with Crippen LogP contribution in [0.1, 0.15) is 37.4 Å². The summed E-state index contributed by atoms with van der Waals surface area (Å²) in [5.41, 5.74) is 0. The van der Waals surface area contributed by atoms with Crippen molar-refractivity contribution in [1.29, 1.82) is 0 Å². The number of rotatable bonds is 1. The Hall–Kier alpha value is -0.150. The third-order valence-corrected chi connectivity index (χ3v) is 4.89. The second-order valence-electron chi connectivity index (χ2n) is 4.65. The average molecular weight is 288 g/mol. The largest absolute Gasteiger partial charge is 0.240 e. The summed E-state index contributed by atoms with van der Waals surface area (Å²) in [5, 5.41) is 0.544. The van der Waals surface area contributed by atoms with Crippen molar-refractivity contribution in [2.24, 2.45) is 11.8 Å². The predicted molar refractivity (Wildman–Crippen MR) is 62.9 cm³/mol. The van der Waals surface area contributed by atoms with Gasteiger partial charge in [0.2, 0.25) is 0 Å². The molecule has 3 rings (SSSR count). The van der Waals surface area contributed by atoms with Crippen LogP contribution in [0.5, 0.6) is 0 Å². The molecule has 2 saturated carbocycles. The lowest BCUT2D eigenvalue weighted by Crippen LogP contribution is -2.12. The van der Waals surface area contributed by atoms with E-state index in [1.165, 1.54) is 25.7 Å². The van der Waals surface area contributed by atoms with E-state index in [-0.39, 0.29) is 0 Å². The molecule has 80 valence electrons. The standard InChI is InChI=1S/C11H12BrClN2/c12-9-5-14-11(15-10(9)13)8-4-6-1-2-7(8)3-6/h5-8H,1-4H2. The second-order valence-corrected chi connectivity index (χ2v) is 5.86. The molecule has 2 nitrogen and oxygen atoms in total. The predicted octanol–water partition coefficient (Wildman–Crippen LogP) is 3.80. The molecular formula is C11H12BrClN2. The van der Waals surface area contributed by atoms with E-state index in [4.69, 9.17) is 11.6 Å². The lowest BCUT2D eigenvalue weighted by Gasteiger charge is -2.20. The van der Waals surface area contributed by atoms with Gasteiger partial charge in [-0.1, -0.05) is 18.0 Å². The average Bonchev–Trinajstić information content (AvgIpc) is 2.83. The number of fused-ring (bicyclic) bond motifs is 2. The lowest BCUT2D eigenvalue weighted by atomic mass is 9.88. The minimum atomic E-state index is 0.544. The van der Waals surface area contributed by atoms with E-state index >= 15 is 0 Å². The highest BCUT2D eigenvalue weighted by Crippen LogP contribution is 2.52. The molecule has 4 heteroatoms. The summed E-state index contributed by atoms with van der Waals surface area (Å²) in [6.45, 7) is 0. The van der Waals surface area contributed by atoms with Gasteiger partial charge in [-0.25, -0.2) is 9.97 Å². The van der Waals surface area contributed by atoms with Gasteiger partial charge in [0.05, 0.1) is 4.47 Å². The Morgan fingerprint density at radius 2 is 2.20 bits per heavy atom. The molecule has 0 aliphatic heterocycles. The van der Waals surface area contributed by atoms with E-state index in [0.717, 1.165) is 22.1 Å². The first-order valence-electron chi connectivity index (χ1n) is 5.42. The summed E-state index contributed by atoms with van der Waals surface area (Å²) in [6.07, 6.45) is 7.18. The highest BCUT2D eigenvalue weighted by Gasteiger charge is 2.41. The van der Waals surface area contributed by atoms with E-state index in [1.54, 1.807) is 6.20 Å². The monoisotopic (exact) mass is 286 g/mol. The molecular weight excluding hydrogens is 275 g/mol. The van der Waals surface area contributed by atoms with Crippen molar-refractivity contribution in [1.82, 2.24) is 9.97 Å². The fourth-order valence-corrected chi connectivity index (χ4v) is 3.42. The SMILES string of the molecule is Clc1nc(C2CC3CCC2C3)ncc1Br. The zero-order valence-electron chi connectivity index (χ0n) is 8.29. The summed E-state index contributed by atoms with van der Waals surface area (Å²) in [5.74, 6) is 3.25. The Labute approximate surface area is 103 Å². The van der Waals surface area contributed by atoms with Gasteiger partial charge in [0, 0.05) is 12.1 Å². The number of halogens is 2. The van der Waals surface area contributed by atoms with Crippen LogP contribution in [0.3, 0.4) is 0 Å². The normalized spacial score (nSPS) is 33.6. The van der Waals surface area contributed by atoms with Crippen molar-refractivity contribution < 1.29 is 0 Å². The van der Waals surface area contributed by atoms with Gasteiger partial charge in [0.1, 0.15) is 11.0 Å². The second kappa shape index (κ2) is 3.70. The molecule has 0 aromatic carbocycles. The van der Waals surface area contributed by atoms with Gasteiger partial charge in [-0.15, -0.1) is 0 Å². The maximum Gasteiger partial charge on any atom is 0.146 e. The van der Waals surface area contributed by atoms with Crippen molar-refractivity contribution in [2.45, 2.75) is 31.6 Å². The molecule has 3 atom stereocenters. The summed E-state index contributed by atoms with van der Waals surface area (Å²) >= 11 is 9.32. The quantitative estimate of drug-likeness (QED) is 0.734. The van der Waals surface area contributed by atoms with Gasteiger partial charge in [-0.05, 0) is 47.0 Å². The van der Waals surface area contributed by atoms with Crippen LogP contribution < -0.4 is 0 Å². The van der Waals surface area contributed by atoms with Crippen LogP contribution >= 0.6 is 27.5 Å². The van der Waals surface area contributed by atoms with Crippen molar-refractivity contribution in [3.8, 4) is 0 Å². The maximum absolute atomic E-state index is 6.00. The van der Waals surface area contributed by atoms with Gasteiger partial charge in [-0.3, -0.25) is 0 Å². The van der Waals surface area contributed by atoms with E-state index in [9.17, 15) is 0 Å². The molecule has 0 N–H and O–H groups in total. The molecule has 1 aromatic heterocycles. The summed E-state index contributed by atoms with van der Waals surface area (Å²) in [4.78, 5) is 8.78. The Morgan fingerprint density at radius 3 is 2.80 bits per heavy atom. The molecule has 1 aromatic rings. The molecule has 2 aliphatic carbocycles. The Bertz CT molecular complexity index is 396. The van der Waals surface area contributed by atoms with Crippen LogP contribution in [-0.2, 0) is 0 Å². The van der Waals surface area contributed by atoms with Gasteiger partial charge in [0.15, 0.2) is 0 Å². The van der Waals surface area contributed by atoms with Crippen LogP contribution in [-0.4, -0.2) is 9.97 Å². The first-order valence-corrected chi connectivity index (χ1v) is 6.59.